The first-order valence-corrected chi connectivity index (χ1v) is 7.77. The van der Waals surface area contributed by atoms with Crippen LogP contribution in [0.4, 0.5) is 5.69 Å². The lowest BCUT2D eigenvalue weighted by molar-refractivity contribution is -0.119. The molecule has 0 radical (unpaired) electrons. The minimum Gasteiger partial charge on any atom is -0.495 e. The molecule has 3 rings (SSSR count). The van der Waals surface area contributed by atoms with Gasteiger partial charge in [-0.3, -0.25) is 9.59 Å². The summed E-state index contributed by atoms with van der Waals surface area (Å²) in [6.07, 6.45) is 0. The summed E-state index contributed by atoms with van der Waals surface area (Å²) in [4.78, 5) is 26.9. The van der Waals surface area contributed by atoms with Crippen LogP contribution < -0.4 is 9.64 Å². The molecular formula is C16H12ClNO3S. The van der Waals surface area contributed by atoms with Gasteiger partial charge in [-0.25, -0.2) is 4.90 Å². The summed E-state index contributed by atoms with van der Waals surface area (Å²) in [5.41, 5.74) is 1.56. The molecule has 2 heterocycles. The number of carbonyl (C=O) groups excluding carboxylic acids is 2. The monoisotopic (exact) mass is 333 g/mol. The Morgan fingerprint density at radius 2 is 1.95 bits per heavy atom. The van der Waals surface area contributed by atoms with E-state index >= 15 is 0 Å². The summed E-state index contributed by atoms with van der Waals surface area (Å²) in [6.45, 7) is 1.88. The number of hydrogen-bond donors (Lipinski definition) is 0. The number of thiophene rings is 1. The number of anilines is 1. The molecule has 2 amide bonds. The molecule has 0 N–H and O–H groups in total. The molecule has 4 nitrogen and oxygen atoms in total. The first-order chi connectivity index (χ1) is 10.5. The van der Waals surface area contributed by atoms with Crippen LogP contribution in [0.5, 0.6) is 5.75 Å². The van der Waals surface area contributed by atoms with E-state index in [1.165, 1.54) is 18.4 Å². The molecule has 0 fully saturated rings. The van der Waals surface area contributed by atoms with Crippen LogP contribution in [0.15, 0.2) is 40.7 Å². The molecule has 22 heavy (non-hydrogen) atoms. The van der Waals surface area contributed by atoms with Gasteiger partial charge in [-0.05, 0) is 36.1 Å². The predicted octanol–water partition coefficient (Wildman–Crippen LogP) is 3.59. The van der Waals surface area contributed by atoms with E-state index < -0.39 is 11.8 Å². The third-order valence-electron chi connectivity index (χ3n) is 3.37. The van der Waals surface area contributed by atoms with Crippen LogP contribution in [0.3, 0.4) is 0 Å². The van der Waals surface area contributed by atoms with Gasteiger partial charge in [0.15, 0.2) is 0 Å². The molecule has 1 aromatic heterocycles. The van der Waals surface area contributed by atoms with E-state index in [9.17, 15) is 9.59 Å². The van der Waals surface area contributed by atoms with Crippen molar-refractivity contribution in [3.8, 4) is 5.75 Å². The maximum absolute atomic E-state index is 12.7. The molecule has 0 spiro atoms. The van der Waals surface area contributed by atoms with Crippen molar-refractivity contribution in [3.63, 3.8) is 0 Å². The Bertz CT molecular complexity index is 796. The zero-order chi connectivity index (χ0) is 15.9. The van der Waals surface area contributed by atoms with Crippen molar-refractivity contribution in [2.75, 3.05) is 12.0 Å². The fourth-order valence-electron chi connectivity index (χ4n) is 2.33. The number of nitrogens with zero attached hydrogens (tertiary/aromatic N) is 1. The molecule has 0 saturated heterocycles. The first-order valence-electron chi connectivity index (χ1n) is 6.51. The van der Waals surface area contributed by atoms with Crippen molar-refractivity contribution in [2.45, 2.75) is 6.92 Å². The molecule has 0 unspecified atom stereocenters. The highest BCUT2D eigenvalue weighted by Crippen LogP contribution is 2.40. The van der Waals surface area contributed by atoms with Crippen LogP contribution in [0, 0.1) is 6.92 Å². The molecule has 6 heteroatoms. The fourth-order valence-corrected chi connectivity index (χ4v) is 3.42. The quantitative estimate of drug-likeness (QED) is 0.806. The van der Waals surface area contributed by atoms with E-state index in [0.717, 1.165) is 10.5 Å². The molecule has 0 atom stereocenters. The summed E-state index contributed by atoms with van der Waals surface area (Å²) >= 11 is 7.50. The van der Waals surface area contributed by atoms with Crippen LogP contribution in [-0.2, 0) is 9.59 Å². The van der Waals surface area contributed by atoms with Gasteiger partial charge in [0.2, 0.25) is 0 Å². The Morgan fingerprint density at radius 3 is 2.59 bits per heavy atom. The summed E-state index contributed by atoms with van der Waals surface area (Å²) in [6, 6.07) is 8.89. The van der Waals surface area contributed by atoms with Crippen molar-refractivity contribution in [3.05, 3.63) is 51.2 Å². The van der Waals surface area contributed by atoms with E-state index in [2.05, 4.69) is 0 Å². The molecule has 1 aromatic carbocycles. The normalized spacial score (nSPS) is 15.0. The zero-order valence-electron chi connectivity index (χ0n) is 11.9. The Kier molecular flexibility index (Phi) is 3.76. The van der Waals surface area contributed by atoms with Gasteiger partial charge in [0.25, 0.3) is 11.8 Å². The average molecular weight is 334 g/mol. The molecule has 1 aliphatic rings. The maximum Gasteiger partial charge on any atom is 0.277 e. The molecular weight excluding hydrogens is 322 g/mol. The number of carbonyl (C=O) groups is 2. The van der Waals surface area contributed by atoms with Crippen LogP contribution in [0.2, 0.25) is 0 Å². The largest absolute Gasteiger partial charge is 0.495 e. The van der Waals surface area contributed by atoms with Crippen LogP contribution >= 0.6 is 22.9 Å². The minimum atomic E-state index is -0.529. The van der Waals surface area contributed by atoms with Gasteiger partial charge in [0.05, 0.1) is 18.4 Å². The van der Waals surface area contributed by atoms with Crippen molar-refractivity contribution in [1.82, 2.24) is 0 Å². The van der Waals surface area contributed by atoms with E-state index in [1.54, 1.807) is 18.2 Å². The van der Waals surface area contributed by atoms with Gasteiger partial charge in [0.1, 0.15) is 10.8 Å². The number of halogens is 1. The predicted molar refractivity (Wildman–Crippen MR) is 87.3 cm³/mol. The van der Waals surface area contributed by atoms with Crippen LogP contribution in [-0.4, -0.2) is 18.9 Å². The van der Waals surface area contributed by atoms with E-state index in [0.29, 0.717) is 16.3 Å². The lowest BCUT2D eigenvalue weighted by atomic mass is 10.2. The second-order valence-electron chi connectivity index (χ2n) is 4.79. The second-order valence-corrected chi connectivity index (χ2v) is 6.11. The van der Waals surface area contributed by atoms with Crippen LogP contribution in [0.25, 0.3) is 5.57 Å². The van der Waals surface area contributed by atoms with Crippen molar-refractivity contribution in [2.24, 2.45) is 0 Å². The Hall–Kier alpha value is -2.11. The number of benzene rings is 1. The third kappa shape index (κ3) is 2.23. The van der Waals surface area contributed by atoms with Gasteiger partial charge in [-0.2, -0.15) is 0 Å². The van der Waals surface area contributed by atoms with Gasteiger partial charge < -0.3 is 4.74 Å². The fraction of sp³-hybridized carbons (Fsp3) is 0.125. The number of hydrogen-bond acceptors (Lipinski definition) is 4. The summed E-state index contributed by atoms with van der Waals surface area (Å²) in [5.74, 6) is -0.510. The summed E-state index contributed by atoms with van der Waals surface area (Å²) in [5, 5.41) is 1.77. The highest BCUT2D eigenvalue weighted by Gasteiger charge is 2.40. The lowest BCUT2D eigenvalue weighted by Crippen LogP contribution is -2.31. The summed E-state index contributed by atoms with van der Waals surface area (Å²) in [7, 11) is 1.49. The minimum absolute atomic E-state index is 0.0593. The molecule has 0 bridgehead atoms. The molecule has 112 valence electrons. The van der Waals surface area contributed by atoms with Gasteiger partial charge >= 0.3 is 0 Å². The molecule has 0 saturated carbocycles. The molecule has 2 aromatic rings. The average Bonchev–Trinajstić information content (AvgIpc) is 3.08. The third-order valence-corrected chi connectivity index (χ3v) is 4.61. The van der Waals surface area contributed by atoms with E-state index in [4.69, 9.17) is 16.3 Å². The second kappa shape index (κ2) is 5.59. The SMILES string of the molecule is COc1ccc(C)cc1N1C(=O)C(Cl)=C(c2cccs2)C1=O. The van der Waals surface area contributed by atoms with Crippen molar-refractivity contribution >= 4 is 46.0 Å². The standard InChI is InChI=1S/C16H12ClNO3S/c1-9-5-6-11(21-2)10(8-9)18-15(19)13(14(17)16(18)20)12-4-3-7-22-12/h3-8H,1-2H3. The van der Waals surface area contributed by atoms with Gasteiger partial charge in [-0.1, -0.05) is 23.7 Å². The number of imide groups is 1. The number of ether oxygens (including phenoxy) is 1. The number of aryl methyl sites for hydroxylation is 1. The zero-order valence-corrected chi connectivity index (χ0v) is 13.5. The Labute approximate surface area is 136 Å². The first kappa shape index (κ1) is 14.8. The number of methoxy groups -OCH3 is 1. The highest BCUT2D eigenvalue weighted by molar-refractivity contribution is 7.11. The van der Waals surface area contributed by atoms with Crippen molar-refractivity contribution in [1.29, 1.82) is 0 Å². The summed E-state index contributed by atoms with van der Waals surface area (Å²) < 4.78 is 5.27. The van der Waals surface area contributed by atoms with Crippen molar-refractivity contribution < 1.29 is 14.3 Å². The van der Waals surface area contributed by atoms with Gasteiger partial charge in [-0.15, -0.1) is 11.3 Å². The van der Waals surface area contributed by atoms with E-state index in [1.807, 2.05) is 24.4 Å². The van der Waals surface area contributed by atoms with E-state index in [-0.39, 0.29) is 10.6 Å². The maximum atomic E-state index is 12.7. The molecule has 1 aliphatic heterocycles. The highest BCUT2D eigenvalue weighted by atomic mass is 35.5. The lowest BCUT2D eigenvalue weighted by Gasteiger charge is -2.18. The number of amides is 2. The number of rotatable bonds is 3. The Balaban J connectivity index is 2.11. The Morgan fingerprint density at radius 1 is 1.18 bits per heavy atom. The molecule has 0 aliphatic carbocycles. The van der Waals surface area contributed by atoms with Crippen LogP contribution in [0.1, 0.15) is 10.4 Å². The topological polar surface area (TPSA) is 46.6 Å². The smallest absolute Gasteiger partial charge is 0.277 e. The van der Waals surface area contributed by atoms with Gasteiger partial charge in [0, 0.05) is 4.88 Å².